The number of thiazole rings is 1. The molecule has 3 rings (SSSR count). The molecule has 0 aliphatic rings. The van der Waals surface area contributed by atoms with E-state index in [1.807, 2.05) is 13.8 Å². The van der Waals surface area contributed by atoms with Gasteiger partial charge in [0.25, 0.3) is 11.5 Å². The third-order valence-electron chi connectivity index (χ3n) is 3.68. The molecule has 1 atom stereocenters. The molecule has 2 aromatic heterocycles. The molecule has 120 valence electrons. The maximum atomic E-state index is 12.4. The van der Waals surface area contributed by atoms with E-state index < -0.39 is 0 Å². The lowest BCUT2D eigenvalue weighted by Gasteiger charge is -2.10. The number of H-pyrrole nitrogens is 1. The van der Waals surface area contributed by atoms with Gasteiger partial charge in [-0.2, -0.15) is 0 Å². The monoisotopic (exact) mass is 367 g/mol. The van der Waals surface area contributed by atoms with E-state index in [9.17, 15) is 9.59 Å². The molecule has 8 heteroatoms. The maximum Gasteiger partial charge on any atom is 0.265 e. The first kappa shape index (κ1) is 16.2. The second-order valence-corrected chi connectivity index (χ2v) is 7.36. The molecule has 2 heterocycles. The summed E-state index contributed by atoms with van der Waals surface area (Å²) in [6.45, 7) is 3.91. The molecule has 0 radical (unpaired) electrons. The first-order valence-corrected chi connectivity index (χ1v) is 8.70. The molecule has 3 aromatic rings. The molecule has 0 spiro atoms. The number of fused-ring (bicyclic) bond motifs is 3. The Morgan fingerprint density at radius 1 is 1.52 bits per heavy atom. The van der Waals surface area contributed by atoms with Crippen molar-refractivity contribution in [1.29, 1.82) is 0 Å². The molecule has 1 unspecified atom stereocenters. The van der Waals surface area contributed by atoms with E-state index >= 15 is 0 Å². The van der Waals surface area contributed by atoms with E-state index in [0.717, 1.165) is 6.42 Å². The lowest BCUT2D eigenvalue weighted by Crippen LogP contribution is -2.31. The molecule has 5 nitrogen and oxygen atoms in total. The smallest absolute Gasteiger partial charge is 0.265 e. The lowest BCUT2D eigenvalue weighted by atomic mass is 10.2. The minimum Gasteiger partial charge on any atom is -0.349 e. The summed E-state index contributed by atoms with van der Waals surface area (Å²) in [6, 6.07) is 5.02. The number of amides is 1. The largest absolute Gasteiger partial charge is 0.349 e. The van der Waals surface area contributed by atoms with Gasteiger partial charge in [-0.1, -0.05) is 29.9 Å². The molecule has 2 N–H and O–H groups in total. The number of nitrogens with zero attached hydrogens (tertiary/aromatic N) is 1. The summed E-state index contributed by atoms with van der Waals surface area (Å²) in [4.78, 5) is 27.9. The molecule has 0 fully saturated rings. The first-order chi connectivity index (χ1) is 10.9. The predicted molar refractivity (Wildman–Crippen MR) is 96.5 cm³/mol. The van der Waals surface area contributed by atoms with Gasteiger partial charge in [0.05, 0.1) is 10.9 Å². The van der Waals surface area contributed by atoms with Crippen LogP contribution in [0.2, 0.25) is 5.02 Å². The van der Waals surface area contributed by atoms with Crippen LogP contribution in [0.4, 0.5) is 0 Å². The van der Waals surface area contributed by atoms with Gasteiger partial charge in [-0.25, -0.2) is 0 Å². The van der Waals surface area contributed by atoms with Crippen LogP contribution in [0.3, 0.4) is 0 Å². The third-order valence-corrected chi connectivity index (χ3v) is 5.29. The van der Waals surface area contributed by atoms with E-state index in [1.54, 1.807) is 22.6 Å². The summed E-state index contributed by atoms with van der Waals surface area (Å²) in [5, 5.41) is 3.87. The Kier molecular flexibility index (Phi) is 4.27. The number of rotatable bonds is 3. The Labute approximate surface area is 145 Å². The minimum absolute atomic E-state index is 0.0415. The first-order valence-electron chi connectivity index (χ1n) is 7.10. The SMILES string of the molecule is CCC(C)NC(=O)c1sc(=S)n2c1[nH]c(=O)c1ccc(Cl)cc12. The van der Waals surface area contributed by atoms with Gasteiger partial charge in [0, 0.05) is 11.1 Å². The highest BCUT2D eigenvalue weighted by Gasteiger charge is 2.19. The number of hydrogen-bond donors (Lipinski definition) is 2. The number of aromatic amines is 1. The molecule has 0 aliphatic carbocycles. The van der Waals surface area contributed by atoms with Crippen LogP contribution >= 0.6 is 35.2 Å². The molecular formula is C15H14ClN3O2S2. The van der Waals surface area contributed by atoms with E-state index in [4.69, 9.17) is 23.8 Å². The van der Waals surface area contributed by atoms with Crippen molar-refractivity contribution in [2.24, 2.45) is 0 Å². The van der Waals surface area contributed by atoms with Crippen LogP contribution in [0, 0.1) is 3.95 Å². The van der Waals surface area contributed by atoms with Gasteiger partial charge in [-0.3, -0.25) is 14.0 Å². The van der Waals surface area contributed by atoms with Crippen LogP contribution in [-0.4, -0.2) is 21.3 Å². The summed E-state index contributed by atoms with van der Waals surface area (Å²) in [5.74, 6) is -0.241. The Hall–Kier alpha value is -1.70. The Morgan fingerprint density at radius 2 is 2.26 bits per heavy atom. The van der Waals surface area contributed by atoms with Crippen molar-refractivity contribution in [3.05, 3.63) is 42.4 Å². The highest BCUT2D eigenvalue weighted by atomic mass is 35.5. The number of carbonyl (C=O) groups is 1. The summed E-state index contributed by atoms with van der Waals surface area (Å²) in [7, 11) is 0. The highest BCUT2D eigenvalue weighted by Crippen LogP contribution is 2.24. The van der Waals surface area contributed by atoms with Crippen molar-refractivity contribution in [3.8, 4) is 0 Å². The standard InChI is InChI=1S/C15H14ClN3O2S2/c1-3-7(2)17-14(21)11-12-18-13(20)9-5-4-8(16)6-10(9)19(12)15(22)23-11/h4-7H,3H2,1-2H3,(H,17,21)(H,18,20). The predicted octanol–water partition coefficient (Wildman–Crippen LogP) is 3.75. The summed E-state index contributed by atoms with van der Waals surface area (Å²) >= 11 is 12.6. The molecule has 0 bridgehead atoms. The van der Waals surface area contributed by atoms with Crippen molar-refractivity contribution in [3.63, 3.8) is 0 Å². The van der Waals surface area contributed by atoms with Gasteiger partial charge >= 0.3 is 0 Å². The van der Waals surface area contributed by atoms with Crippen LogP contribution in [0.1, 0.15) is 29.9 Å². The fourth-order valence-corrected chi connectivity index (χ4v) is 3.76. The summed E-state index contributed by atoms with van der Waals surface area (Å²) in [6.07, 6.45) is 0.817. The third kappa shape index (κ3) is 2.80. The molecule has 1 amide bonds. The lowest BCUT2D eigenvalue weighted by molar-refractivity contribution is 0.0944. The molecule has 0 saturated heterocycles. The number of aromatic nitrogens is 2. The van der Waals surface area contributed by atoms with Gasteiger partial charge in [0.1, 0.15) is 10.5 Å². The van der Waals surface area contributed by atoms with Gasteiger partial charge in [0.2, 0.25) is 0 Å². The van der Waals surface area contributed by atoms with Gasteiger partial charge in [0.15, 0.2) is 3.95 Å². The van der Waals surface area contributed by atoms with E-state index in [-0.39, 0.29) is 17.5 Å². The minimum atomic E-state index is -0.276. The average molecular weight is 368 g/mol. The van der Waals surface area contributed by atoms with Crippen LogP contribution in [-0.2, 0) is 0 Å². The zero-order valence-corrected chi connectivity index (χ0v) is 14.9. The van der Waals surface area contributed by atoms with Crippen molar-refractivity contribution >= 4 is 57.6 Å². The van der Waals surface area contributed by atoms with Crippen LogP contribution in [0.15, 0.2) is 23.0 Å². The summed E-state index contributed by atoms with van der Waals surface area (Å²) < 4.78 is 2.17. The van der Waals surface area contributed by atoms with E-state index in [0.29, 0.717) is 30.4 Å². The van der Waals surface area contributed by atoms with E-state index in [1.165, 1.54) is 11.3 Å². The van der Waals surface area contributed by atoms with Crippen molar-refractivity contribution in [2.75, 3.05) is 0 Å². The number of hydrogen-bond acceptors (Lipinski definition) is 4. The van der Waals surface area contributed by atoms with Crippen LogP contribution in [0.5, 0.6) is 0 Å². The second kappa shape index (κ2) is 6.07. The molecular weight excluding hydrogens is 354 g/mol. The Bertz CT molecular complexity index is 1030. The quantitative estimate of drug-likeness (QED) is 0.693. The normalized spacial score (nSPS) is 12.7. The average Bonchev–Trinajstić information content (AvgIpc) is 2.84. The zero-order chi connectivity index (χ0) is 16.7. The Balaban J connectivity index is 2.32. The number of carbonyl (C=O) groups excluding carboxylic acids is 1. The van der Waals surface area contributed by atoms with Crippen LogP contribution < -0.4 is 10.9 Å². The van der Waals surface area contributed by atoms with Crippen molar-refractivity contribution in [2.45, 2.75) is 26.3 Å². The maximum absolute atomic E-state index is 12.4. The fourth-order valence-electron chi connectivity index (χ4n) is 2.31. The zero-order valence-electron chi connectivity index (χ0n) is 12.5. The second-order valence-electron chi connectivity index (χ2n) is 5.28. The van der Waals surface area contributed by atoms with E-state index in [2.05, 4.69) is 10.3 Å². The van der Waals surface area contributed by atoms with Gasteiger partial charge in [-0.05, 0) is 43.8 Å². The van der Waals surface area contributed by atoms with Crippen molar-refractivity contribution in [1.82, 2.24) is 14.7 Å². The molecule has 23 heavy (non-hydrogen) atoms. The molecule has 1 aromatic carbocycles. The summed E-state index contributed by atoms with van der Waals surface area (Å²) in [5.41, 5.74) is 0.725. The molecule has 0 saturated carbocycles. The number of halogens is 1. The van der Waals surface area contributed by atoms with Crippen LogP contribution in [0.25, 0.3) is 16.6 Å². The van der Waals surface area contributed by atoms with Gasteiger partial charge < -0.3 is 10.3 Å². The fraction of sp³-hybridized carbons (Fsp3) is 0.267. The Morgan fingerprint density at radius 3 is 2.96 bits per heavy atom. The molecule has 0 aliphatic heterocycles. The number of benzene rings is 1. The highest BCUT2D eigenvalue weighted by molar-refractivity contribution is 7.73. The number of nitrogens with one attached hydrogen (secondary N) is 2. The van der Waals surface area contributed by atoms with Crippen molar-refractivity contribution < 1.29 is 4.79 Å². The van der Waals surface area contributed by atoms with Gasteiger partial charge in [-0.15, -0.1) is 0 Å². The topological polar surface area (TPSA) is 66.4 Å².